The quantitative estimate of drug-likeness (QED) is 0.0528. The highest BCUT2D eigenvalue weighted by molar-refractivity contribution is 5.21. The number of aliphatic hydroxyl groups excluding tert-OH is 1. The third-order valence-electron chi connectivity index (χ3n) is 12.8. The summed E-state index contributed by atoms with van der Waals surface area (Å²) in [5.74, 6) is 2.38. The normalized spacial score (nSPS) is 13.3. The van der Waals surface area contributed by atoms with E-state index in [1.807, 2.05) is 0 Å². The van der Waals surface area contributed by atoms with Gasteiger partial charge in [-0.05, 0) is 87.1 Å². The van der Waals surface area contributed by atoms with E-state index in [1.54, 1.807) is 5.57 Å². The van der Waals surface area contributed by atoms with Crippen LogP contribution in [0.2, 0.25) is 0 Å². The molecule has 2 aliphatic rings. The number of aliphatic hydroxyl groups is 1. The zero-order chi connectivity index (χ0) is 41.4. The summed E-state index contributed by atoms with van der Waals surface area (Å²) in [5, 5.41) is 8.04. The van der Waals surface area contributed by atoms with Crippen LogP contribution in [0.3, 0.4) is 0 Å². The first-order valence-corrected chi connectivity index (χ1v) is 26.1. The van der Waals surface area contributed by atoms with E-state index >= 15 is 0 Å². The highest BCUT2D eigenvalue weighted by Crippen LogP contribution is 2.34. The molecule has 2 saturated carbocycles. The van der Waals surface area contributed by atoms with Crippen molar-refractivity contribution in [1.82, 2.24) is 4.90 Å². The number of nitrogens with zero attached hydrogens (tertiary/aromatic N) is 1. The van der Waals surface area contributed by atoms with Gasteiger partial charge >= 0.3 is 0 Å². The van der Waals surface area contributed by atoms with Crippen LogP contribution in [0.25, 0.3) is 0 Å². The SMILES string of the molecule is CCCCCCCCCOC(CCCCCCCN(CCCCCCCC(CCCCCCCC)CCCCCCCC)Cc1ccccc1)=C1CC1.OC=C1CC1. The van der Waals surface area contributed by atoms with E-state index in [0.717, 1.165) is 31.9 Å². The summed E-state index contributed by atoms with van der Waals surface area (Å²) in [6.45, 7) is 11.5. The van der Waals surface area contributed by atoms with Crippen molar-refractivity contribution >= 4 is 0 Å². The number of allylic oxidation sites excluding steroid dienone is 3. The summed E-state index contributed by atoms with van der Waals surface area (Å²) in [6.07, 6.45) is 52.4. The van der Waals surface area contributed by atoms with E-state index in [1.165, 1.54) is 261 Å². The molecule has 0 unspecified atom stereocenters. The second-order valence-corrected chi connectivity index (χ2v) is 18.6. The highest BCUT2D eigenvalue weighted by atomic mass is 16.5. The topological polar surface area (TPSA) is 32.7 Å². The van der Waals surface area contributed by atoms with Gasteiger partial charge in [0.2, 0.25) is 0 Å². The number of rotatable bonds is 41. The lowest BCUT2D eigenvalue weighted by Gasteiger charge is -2.22. The third-order valence-corrected chi connectivity index (χ3v) is 12.8. The summed E-state index contributed by atoms with van der Waals surface area (Å²) in [4.78, 5) is 2.76. The lowest BCUT2D eigenvalue weighted by atomic mass is 9.89. The van der Waals surface area contributed by atoms with Crippen molar-refractivity contribution in [3.05, 3.63) is 59.1 Å². The van der Waals surface area contributed by atoms with Gasteiger partial charge in [0.1, 0.15) is 0 Å². The van der Waals surface area contributed by atoms with Crippen LogP contribution in [-0.2, 0) is 11.3 Å². The van der Waals surface area contributed by atoms with Crippen molar-refractivity contribution in [3.63, 3.8) is 0 Å². The second-order valence-electron chi connectivity index (χ2n) is 18.6. The average molecular weight is 806 g/mol. The fourth-order valence-electron chi connectivity index (χ4n) is 8.57. The highest BCUT2D eigenvalue weighted by Gasteiger charge is 2.19. The average Bonchev–Trinajstić information content (AvgIpc) is 4.18. The first kappa shape index (κ1) is 52.4. The molecule has 0 spiro atoms. The molecule has 3 nitrogen and oxygen atoms in total. The molecule has 1 N–H and O–H groups in total. The Balaban J connectivity index is 0.00000214. The van der Waals surface area contributed by atoms with Crippen molar-refractivity contribution in [2.75, 3.05) is 19.7 Å². The van der Waals surface area contributed by atoms with E-state index in [2.05, 4.69) is 56.0 Å². The number of benzene rings is 1. The van der Waals surface area contributed by atoms with Crippen molar-refractivity contribution in [2.24, 2.45) is 5.92 Å². The second kappa shape index (κ2) is 39.4. The standard InChI is InChI=1S/C51H93NO.C4H6O/c1-4-7-10-13-16-25-35-46-53-51(50-42-43-50)41-32-22-18-24-34-45-52(47-49-39-30-26-31-40-49)44-33-23-17-21-29-38-48(36-27-19-14-11-8-5-2)37-28-20-15-12-9-6-3;5-3-4-1-2-4/h26,30-31,39-40,48H,4-25,27-29,32-38,41-47H2,1-3H3;3,5H,1-2H2. The van der Waals surface area contributed by atoms with Crippen molar-refractivity contribution in [2.45, 2.75) is 265 Å². The number of ether oxygens (including phenoxy) is 1. The predicted octanol–water partition coefficient (Wildman–Crippen LogP) is 18.3. The zero-order valence-corrected chi connectivity index (χ0v) is 39.3. The number of unbranched alkanes of at least 4 members (excludes halogenated alkanes) is 24. The van der Waals surface area contributed by atoms with E-state index in [9.17, 15) is 0 Å². The molecule has 336 valence electrons. The van der Waals surface area contributed by atoms with Gasteiger partial charge in [-0.15, -0.1) is 0 Å². The molecule has 0 aliphatic heterocycles. The van der Waals surface area contributed by atoms with E-state index in [0.29, 0.717) is 0 Å². The van der Waals surface area contributed by atoms with Gasteiger partial charge in [0, 0.05) is 13.0 Å². The van der Waals surface area contributed by atoms with Crippen LogP contribution >= 0.6 is 0 Å². The number of hydrogen-bond acceptors (Lipinski definition) is 3. The predicted molar refractivity (Wildman–Crippen MR) is 257 cm³/mol. The molecule has 1 aromatic rings. The van der Waals surface area contributed by atoms with Gasteiger partial charge in [-0.25, -0.2) is 0 Å². The number of hydrogen-bond donors (Lipinski definition) is 1. The van der Waals surface area contributed by atoms with Crippen LogP contribution < -0.4 is 0 Å². The summed E-state index contributed by atoms with van der Waals surface area (Å²) < 4.78 is 6.32. The first-order chi connectivity index (χ1) is 28.7. The molecule has 3 heteroatoms. The summed E-state index contributed by atoms with van der Waals surface area (Å²) in [6, 6.07) is 11.2. The molecule has 58 heavy (non-hydrogen) atoms. The maximum Gasteiger partial charge on any atom is 0.0951 e. The van der Waals surface area contributed by atoms with Gasteiger partial charge in [0.05, 0.1) is 18.6 Å². The van der Waals surface area contributed by atoms with Gasteiger partial charge in [-0.3, -0.25) is 4.90 Å². The van der Waals surface area contributed by atoms with Crippen molar-refractivity contribution in [1.29, 1.82) is 0 Å². The Morgan fingerprint density at radius 3 is 1.40 bits per heavy atom. The molecule has 0 aromatic heterocycles. The molecule has 0 radical (unpaired) electrons. The van der Waals surface area contributed by atoms with Crippen LogP contribution in [0.15, 0.2) is 53.5 Å². The van der Waals surface area contributed by atoms with Gasteiger partial charge in [0.25, 0.3) is 0 Å². The minimum Gasteiger partial charge on any atom is -0.516 e. The van der Waals surface area contributed by atoms with E-state index in [-0.39, 0.29) is 0 Å². The third kappa shape index (κ3) is 33.0. The smallest absolute Gasteiger partial charge is 0.0951 e. The lowest BCUT2D eigenvalue weighted by molar-refractivity contribution is 0.192. The fraction of sp³-hybridized carbons (Fsp3) is 0.818. The van der Waals surface area contributed by atoms with Crippen LogP contribution in [0.4, 0.5) is 0 Å². The van der Waals surface area contributed by atoms with Crippen LogP contribution in [0.1, 0.15) is 264 Å². The monoisotopic (exact) mass is 806 g/mol. The Morgan fingerprint density at radius 2 is 0.966 bits per heavy atom. The Hall–Kier alpha value is -1.74. The fourth-order valence-corrected chi connectivity index (χ4v) is 8.57. The molecule has 0 bridgehead atoms. The first-order valence-electron chi connectivity index (χ1n) is 26.1. The molecule has 0 amide bonds. The van der Waals surface area contributed by atoms with Crippen LogP contribution in [-0.4, -0.2) is 29.7 Å². The minimum atomic E-state index is 0.947. The Labute approximate surface area is 363 Å². The molecule has 0 saturated heterocycles. The van der Waals surface area contributed by atoms with Gasteiger partial charge in [-0.1, -0.05) is 231 Å². The molecule has 2 fully saturated rings. The molecule has 0 heterocycles. The van der Waals surface area contributed by atoms with Gasteiger partial charge in [0.15, 0.2) is 0 Å². The maximum absolute atomic E-state index is 8.04. The molecular formula is C55H99NO2. The Kier molecular flexibility index (Phi) is 35.6. The van der Waals surface area contributed by atoms with Crippen LogP contribution in [0.5, 0.6) is 0 Å². The lowest BCUT2D eigenvalue weighted by Crippen LogP contribution is -2.25. The molecule has 1 aromatic carbocycles. The Bertz CT molecular complexity index is 1050. The van der Waals surface area contributed by atoms with Gasteiger partial charge < -0.3 is 9.84 Å². The molecular weight excluding hydrogens is 707 g/mol. The van der Waals surface area contributed by atoms with Crippen molar-refractivity contribution < 1.29 is 9.84 Å². The zero-order valence-electron chi connectivity index (χ0n) is 39.3. The molecule has 2 aliphatic carbocycles. The summed E-state index contributed by atoms with van der Waals surface area (Å²) in [5.41, 5.74) is 4.29. The minimum absolute atomic E-state index is 0.947. The Morgan fingerprint density at radius 1 is 0.534 bits per heavy atom. The van der Waals surface area contributed by atoms with Crippen LogP contribution in [0, 0.1) is 5.92 Å². The van der Waals surface area contributed by atoms with Crippen molar-refractivity contribution in [3.8, 4) is 0 Å². The van der Waals surface area contributed by atoms with E-state index in [4.69, 9.17) is 9.84 Å². The van der Waals surface area contributed by atoms with E-state index < -0.39 is 0 Å². The molecule has 3 rings (SSSR count). The summed E-state index contributed by atoms with van der Waals surface area (Å²) in [7, 11) is 0. The maximum atomic E-state index is 8.04. The van der Waals surface area contributed by atoms with Gasteiger partial charge in [-0.2, -0.15) is 0 Å². The molecule has 0 atom stereocenters. The largest absolute Gasteiger partial charge is 0.516 e. The summed E-state index contributed by atoms with van der Waals surface area (Å²) >= 11 is 0.